The van der Waals surface area contributed by atoms with E-state index >= 15 is 0 Å². The molecule has 1 aromatic heterocycles. The van der Waals surface area contributed by atoms with E-state index in [0.717, 1.165) is 11.3 Å². The van der Waals surface area contributed by atoms with Crippen molar-refractivity contribution in [2.24, 2.45) is 7.05 Å². The predicted octanol–water partition coefficient (Wildman–Crippen LogP) is 3.42. The lowest BCUT2D eigenvalue weighted by Crippen LogP contribution is -2.43. The Balaban J connectivity index is 2.20. The summed E-state index contributed by atoms with van der Waals surface area (Å²) in [4.78, 5) is 31.9. The molecule has 146 valence electrons. The van der Waals surface area contributed by atoms with E-state index in [4.69, 9.17) is 0 Å². The fraction of sp³-hybridized carbons (Fsp3) is 0.476. The van der Waals surface area contributed by atoms with Crippen LogP contribution in [0.25, 0.3) is 0 Å². The van der Waals surface area contributed by atoms with Crippen LogP contribution in [-0.2, 0) is 18.3 Å². The SMILES string of the molecule is Cc1nc(SCC(=O)N(C(C)C)C(C)C)n(C)c(=O)c1Cc1ccccc1. The van der Waals surface area contributed by atoms with Gasteiger partial charge >= 0.3 is 0 Å². The molecule has 0 aliphatic heterocycles. The number of benzene rings is 1. The van der Waals surface area contributed by atoms with Crippen molar-refractivity contribution in [3.8, 4) is 0 Å². The van der Waals surface area contributed by atoms with Crippen molar-refractivity contribution in [3.63, 3.8) is 0 Å². The Morgan fingerprint density at radius 1 is 1.15 bits per heavy atom. The molecule has 0 N–H and O–H groups in total. The van der Waals surface area contributed by atoms with Crippen LogP contribution in [0.3, 0.4) is 0 Å². The Morgan fingerprint density at radius 3 is 2.30 bits per heavy atom. The molecule has 0 spiro atoms. The molecule has 2 rings (SSSR count). The number of aryl methyl sites for hydroxylation is 1. The van der Waals surface area contributed by atoms with E-state index < -0.39 is 0 Å². The summed E-state index contributed by atoms with van der Waals surface area (Å²) in [6, 6.07) is 10.2. The third-order valence-corrected chi connectivity index (χ3v) is 5.51. The van der Waals surface area contributed by atoms with Crippen molar-refractivity contribution < 1.29 is 4.79 Å². The van der Waals surface area contributed by atoms with Crippen LogP contribution in [0, 0.1) is 6.92 Å². The van der Waals surface area contributed by atoms with Crippen LogP contribution in [0.2, 0.25) is 0 Å². The molecule has 0 bridgehead atoms. The van der Waals surface area contributed by atoms with Crippen LogP contribution in [0.5, 0.6) is 0 Å². The molecule has 0 radical (unpaired) electrons. The van der Waals surface area contributed by atoms with Crippen LogP contribution in [0.15, 0.2) is 40.3 Å². The molecule has 27 heavy (non-hydrogen) atoms. The largest absolute Gasteiger partial charge is 0.337 e. The summed E-state index contributed by atoms with van der Waals surface area (Å²) in [7, 11) is 1.72. The average Bonchev–Trinajstić information content (AvgIpc) is 2.61. The van der Waals surface area contributed by atoms with Crippen molar-refractivity contribution in [1.29, 1.82) is 0 Å². The zero-order valence-electron chi connectivity index (χ0n) is 17.0. The standard InChI is InChI=1S/C21H29N3O2S/c1-14(2)24(15(3)4)19(25)13-27-21-22-16(5)18(20(26)23(21)6)12-17-10-8-7-9-11-17/h7-11,14-15H,12-13H2,1-6H3. The Morgan fingerprint density at radius 2 is 1.74 bits per heavy atom. The van der Waals surface area contributed by atoms with Crippen LogP contribution >= 0.6 is 11.8 Å². The highest BCUT2D eigenvalue weighted by Crippen LogP contribution is 2.18. The maximum absolute atomic E-state index is 12.8. The number of carbonyl (C=O) groups excluding carboxylic acids is 1. The summed E-state index contributed by atoms with van der Waals surface area (Å²) < 4.78 is 1.55. The second kappa shape index (κ2) is 9.22. The molecular formula is C21H29N3O2S. The molecule has 0 saturated carbocycles. The molecule has 1 amide bonds. The number of hydrogen-bond donors (Lipinski definition) is 0. The highest BCUT2D eigenvalue weighted by atomic mass is 32.2. The lowest BCUT2D eigenvalue weighted by Gasteiger charge is -2.30. The lowest BCUT2D eigenvalue weighted by molar-refractivity contribution is -0.131. The minimum Gasteiger partial charge on any atom is -0.337 e. The second-order valence-electron chi connectivity index (χ2n) is 7.26. The Kier molecular flexibility index (Phi) is 7.25. The van der Waals surface area contributed by atoms with Gasteiger partial charge in [0.15, 0.2) is 5.16 Å². The smallest absolute Gasteiger partial charge is 0.257 e. The van der Waals surface area contributed by atoms with E-state index in [1.165, 1.54) is 11.8 Å². The number of amides is 1. The average molecular weight is 388 g/mol. The normalized spacial score (nSPS) is 11.3. The summed E-state index contributed by atoms with van der Waals surface area (Å²) in [5, 5.41) is 0.579. The van der Waals surface area contributed by atoms with Gasteiger partial charge in [-0.25, -0.2) is 4.98 Å². The molecule has 6 heteroatoms. The first-order valence-corrected chi connectivity index (χ1v) is 10.2. The van der Waals surface area contributed by atoms with E-state index in [9.17, 15) is 9.59 Å². The van der Waals surface area contributed by atoms with E-state index in [2.05, 4.69) is 4.98 Å². The predicted molar refractivity (Wildman–Crippen MR) is 111 cm³/mol. The minimum absolute atomic E-state index is 0.0501. The van der Waals surface area contributed by atoms with Crippen LogP contribution < -0.4 is 5.56 Å². The van der Waals surface area contributed by atoms with Crippen LogP contribution in [-0.4, -0.2) is 38.2 Å². The zero-order valence-corrected chi connectivity index (χ0v) is 17.8. The van der Waals surface area contributed by atoms with Crippen molar-refractivity contribution in [3.05, 3.63) is 57.5 Å². The zero-order chi connectivity index (χ0) is 20.1. The topological polar surface area (TPSA) is 55.2 Å². The van der Waals surface area contributed by atoms with Gasteiger partial charge < -0.3 is 4.90 Å². The quantitative estimate of drug-likeness (QED) is 0.540. The van der Waals surface area contributed by atoms with Crippen LogP contribution in [0.1, 0.15) is 44.5 Å². The van der Waals surface area contributed by atoms with Gasteiger partial charge in [-0.15, -0.1) is 0 Å². The van der Waals surface area contributed by atoms with Gasteiger partial charge in [0.25, 0.3) is 5.56 Å². The molecule has 0 unspecified atom stereocenters. The Bertz CT molecular complexity index is 836. The van der Waals surface area contributed by atoms with Gasteiger partial charge in [0.05, 0.1) is 5.75 Å². The number of rotatable bonds is 7. The molecule has 2 aromatic rings. The van der Waals surface area contributed by atoms with Gasteiger partial charge in [0.1, 0.15) is 0 Å². The number of thioether (sulfide) groups is 1. The second-order valence-corrected chi connectivity index (χ2v) is 8.20. The third kappa shape index (κ3) is 5.22. The fourth-order valence-corrected chi connectivity index (χ4v) is 4.12. The molecule has 1 heterocycles. The minimum atomic E-state index is -0.0501. The molecule has 0 aliphatic carbocycles. The summed E-state index contributed by atoms with van der Waals surface area (Å²) in [6.45, 7) is 9.91. The number of aromatic nitrogens is 2. The summed E-state index contributed by atoms with van der Waals surface area (Å²) >= 11 is 1.32. The highest BCUT2D eigenvalue weighted by Gasteiger charge is 2.21. The fourth-order valence-electron chi connectivity index (χ4n) is 3.24. The maximum Gasteiger partial charge on any atom is 0.257 e. The first kappa shape index (κ1) is 21.2. The van der Waals surface area contributed by atoms with Gasteiger partial charge in [-0.1, -0.05) is 42.1 Å². The Labute approximate surface area is 165 Å². The third-order valence-electron chi connectivity index (χ3n) is 4.50. The lowest BCUT2D eigenvalue weighted by atomic mass is 10.1. The van der Waals surface area contributed by atoms with E-state index in [-0.39, 0.29) is 29.3 Å². The number of nitrogens with zero attached hydrogens (tertiary/aromatic N) is 3. The van der Waals surface area contributed by atoms with Gasteiger partial charge in [-0.05, 0) is 40.2 Å². The maximum atomic E-state index is 12.8. The molecule has 5 nitrogen and oxygen atoms in total. The van der Waals surface area contributed by atoms with E-state index in [1.807, 2.05) is 69.9 Å². The van der Waals surface area contributed by atoms with Gasteiger partial charge in [-0.2, -0.15) is 0 Å². The highest BCUT2D eigenvalue weighted by molar-refractivity contribution is 7.99. The van der Waals surface area contributed by atoms with E-state index in [1.54, 1.807) is 11.6 Å². The molecule has 0 atom stereocenters. The van der Waals surface area contributed by atoms with Crippen molar-refractivity contribution >= 4 is 17.7 Å². The molecule has 1 aromatic carbocycles. The molecule has 0 fully saturated rings. The van der Waals surface area contributed by atoms with Gasteiger partial charge in [0.2, 0.25) is 5.91 Å². The molecule has 0 aliphatic rings. The first-order chi connectivity index (χ1) is 12.7. The summed E-state index contributed by atoms with van der Waals surface area (Å²) in [5.74, 6) is 0.332. The van der Waals surface area contributed by atoms with Gasteiger partial charge in [-0.3, -0.25) is 14.2 Å². The number of hydrogen-bond acceptors (Lipinski definition) is 4. The number of carbonyl (C=O) groups is 1. The molecule has 0 saturated heterocycles. The Hall–Kier alpha value is -2.08. The van der Waals surface area contributed by atoms with Gasteiger partial charge in [0, 0.05) is 36.8 Å². The van der Waals surface area contributed by atoms with E-state index in [0.29, 0.717) is 17.1 Å². The van der Waals surface area contributed by atoms with Crippen molar-refractivity contribution in [2.45, 2.75) is 58.3 Å². The van der Waals surface area contributed by atoms with Crippen molar-refractivity contribution in [2.75, 3.05) is 5.75 Å². The summed E-state index contributed by atoms with van der Waals surface area (Å²) in [6.07, 6.45) is 0.560. The van der Waals surface area contributed by atoms with Crippen LogP contribution in [0.4, 0.5) is 0 Å². The van der Waals surface area contributed by atoms with Crippen molar-refractivity contribution in [1.82, 2.24) is 14.5 Å². The molecular weight excluding hydrogens is 358 g/mol. The first-order valence-electron chi connectivity index (χ1n) is 9.26. The monoisotopic (exact) mass is 387 g/mol. The summed E-state index contributed by atoms with van der Waals surface area (Å²) in [5.41, 5.74) is 2.46.